The van der Waals surface area contributed by atoms with Crippen LogP contribution in [0.3, 0.4) is 0 Å². The molecule has 1 aliphatic rings. The molecular weight excluding hydrogens is 287 g/mol. The molecule has 0 atom stereocenters. The van der Waals surface area contributed by atoms with E-state index in [1.807, 2.05) is 11.8 Å². The van der Waals surface area contributed by atoms with Crippen molar-refractivity contribution in [3.8, 4) is 11.3 Å². The number of likely N-dealkylation sites (tertiary alicyclic amines) is 1. The van der Waals surface area contributed by atoms with Crippen molar-refractivity contribution in [1.29, 1.82) is 0 Å². The normalized spacial score (nSPS) is 15.0. The first-order valence-electron chi connectivity index (χ1n) is 7.13. The third-order valence-corrected chi connectivity index (χ3v) is 4.76. The van der Waals surface area contributed by atoms with Crippen LogP contribution in [0, 0.1) is 12.7 Å². The topological polar surface area (TPSA) is 33.2 Å². The molecule has 1 fully saturated rings. The van der Waals surface area contributed by atoms with Gasteiger partial charge in [0.1, 0.15) is 5.82 Å². The molecule has 3 rings (SSSR count). The average molecular weight is 304 g/mol. The van der Waals surface area contributed by atoms with Gasteiger partial charge in [-0.15, -0.1) is 11.3 Å². The zero-order chi connectivity index (χ0) is 14.8. The molecule has 2 heterocycles. The highest BCUT2D eigenvalue weighted by Crippen LogP contribution is 2.28. The summed E-state index contributed by atoms with van der Waals surface area (Å²) in [5.41, 5.74) is 1.86. The molecule has 1 amide bonds. The van der Waals surface area contributed by atoms with Gasteiger partial charge < -0.3 is 4.90 Å². The number of aromatic nitrogens is 1. The van der Waals surface area contributed by atoms with E-state index in [1.165, 1.54) is 12.1 Å². The lowest BCUT2D eigenvalue weighted by molar-refractivity contribution is -0.127. The molecular formula is C16H17FN2OS. The summed E-state index contributed by atoms with van der Waals surface area (Å²) in [5, 5.41) is 1.03. The van der Waals surface area contributed by atoms with E-state index in [4.69, 9.17) is 0 Å². The Morgan fingerprint density at radius 1 is 1.33 bits per heavy atom. The van der Waals surface area contributed by atoms with Crippen LogP contribution in [0.25, 0.3) is 11.3 Å². The quantitative estimate of drug-likeness (QED) is 0.867. The molecule has 0 saturated carbocycles. The summed E-state index contributed by atoms with van der Waals surface area (Å²) >= 11 is 1.66. The zero-order valence-electron chi connectivity index (χ0n) is 11.9. The van der Waals surface area contributed by atoms with E-state index in [0.717, 1.165) is 47.1 Å². The van der Waals surface area contributed by atoms with Crippen LogP contribution in [0.1, 0.15) is 22.7 Å². The van der Waals surface area contributed by atoms with Gasteiger partial charge in [-0.25, -0.2) is 9.37 Å². The Bertz CT molecular complexity index is 651. The van der Waals surface area contributed by atoms with Crippen molar-refractivity contribution in [3.63, 3.8) is 0 Å². The maximum absolute atomic E-state index is 13.0. The van der Waals surface area contributed by atoms with E-state index < -0.39 is 0 Å². The lowest BCUT2D eigenvalue weighted by Gasteiger charge is -2.13. The monoisotopic (exact) mass is 304 g/mol. The second-order valence-electron chi connectivity index (χ2n) is 5.25. The number of carbonyl (C=O) groups is 1. The highest BCUT2D eigenvalue weighted by Gasteiger charge is 2.20. The molecule has 0 spiro atoms. The van der Waals surface area contributed by atoms with Crippen LogP contribution in [-0.2, 0) is 11.2 Å². The van der Waals surface area contributed by atoms with Gasteiger partial charge in [-0.2, -0.15) is 0 Å². The van der Waals surface area contributed by atoms with Gasteiger partial charge in [0.25, 0.3) is 0 Å². The van der Waals surface area contributed by atoms with E-state index in [1.54, 1.807) is 23.5 Å². The Morgan fingerprint density at radius 3 is 2.76 bits per heavy atom. The Kier molecular flexibility index (Phi) is 4.01. The van der Waals surface area contributed by atoms with Crippen LogP contribution in [0.2, 0.25) is 0 Å². The maximum atomic E-state index is 13.0. The van der Waals surface area contributed by atoms with Crippen LogP contribution >= 0.6 is 11.3 Å². The van der Waals surface area contributed by atoms with Gasteiger partial charge in [-0.1, -0.05) is 0 Å². The number of hydrogen-bond acceptors (Lipinski definition) is 3. The summed E-state index contributed by atoms with van der Waals surface area (Å²) in [7, 11) is 0. The number of rotatable bonds is 4. The summed E-state index contributed by atoms with van der Waals surface area (Å²) in [4.78, 5) is 19.3. The predicted octanol–water partition coefficient (Wildman–Crippen LogP) is 3.42. The molecule has 1 aromatic carbocycles. The van der Waals surface area contributed by atoms with Crippen molar-refractivity contribution in [2.45, 2.75) is 26.2 Å². The highest BCUT2D eigenvalue weighted by molar-refractivity contribution is 7.12. The van der Waals surface area contributed by atoms with E-state index in [0.29, 0.717) is 6.42 Å². The summed E-state index contributed by atoms with van der Waals surface area (Å²) in [6.45, 7) is 3.64. The number of aryl methyl sites for hydroxylation is 1. The fourth-order valence-electron chi connectivity index (χ4n) is 2.60. The van der Waals surface area contributed by atoms with Crippen LogP contribution < -0.4 is 0 Å². The number of hydrogen-bond donors (Lipinski definition) is 0. The summed E-state index contributed by atoms with van der Waals surface area (Å²) < 4.78 is 13.0. The molecule has 1 aromatic heterocycles. The molecule has 110 valence electrons. The summed E-state index contributed by atoms with van der Waals surface area (Å²) in [6.07, 6.45) is 2.44. The minimum absolute atomic E-state index is 0.237. The van der Waals surface area contributed by atoms with Crippen LogP contribution in [0.5, 0.6) is 0 Å². The summed E-state index contributed by atoms with van der Waals surface area (Å²) in [6, 6.07) is 6.42. The standard InChI is InChI=1S/C16H17FN2OS/c1-11-16(12-4-6-13(17)7-5-12)18-14(21-11)8-10-19-9-2-3-15(19)20/h4-7H,2-3,8-10H2,1H3. The molecule has 0 radical (unpaired) electrons. The maximum Gasteiger partial charge on any atom is 0.222 e. The second kappa shape index (κ2) is 5.93. The Labute approximate surface area is 127 Å². The highest BCUT2D eigenvalue weighted by atomic mass is 32.1. The van der Waals surface area contributed by atoms with Gasteiger partial charge in [0.15, 0.2) is 0 Å². The van der Waals surface area contributed by atoms with Crippen molar-refractivity contribution >= 4 is 17.2 Å². The lowest BCUT2D eigenvalue weighted by Crippen LogP contribution is -2.26. The molecule has 0 aliphatic carbocycles. The fourth-order valence-corrected chi connectivity index (χ4v) is 3.55. The first-order valence-corrected chi connectivity index (χ1v) is 7.95. The minimum atomic E-state index is -0.237. The van der Waals surface area contributed by atoms with Gasteiger partial charge in [-0.3, -0.25) is 4.79 Å². The molecule has 0 bridgehead atoms. The molecule has 2 aromatic rings. The number of benzene rings is 1. The van der Waals surface area contributed by atoms with Gasteiger partial charge >= 0.3 is 0 Å². The van der Waals surface area contributed by atoms with E-state index in [-0.39, 0.29) is 11.7 Å². The van der Waals surface area contributed by atoms with Gasteiger partial charge in [-0.05, 0) is 37.6 Å². The molecule has 5 heteroatoms. The Balaban J connectivity index is 1.72. The van der Waals surface area contributed by atoms with Crippen molar-refractivity contribution in [3.05, 3.63) is 40.0 Å². The fraction of sp³-hybridized carbons (Fsp3) is 0.375. The average Bonchev–Trinajstić information content (AvgIpc) is 3.04. The molecule has 21 heavy (non-hydrogen) atoms. The SMILES string of the molecule is Cc1sc(CCN2CCCC2=O)nc1-c1ccc(F)cc1. The largest absolute Gasteiger partial charge is 0.342 e. The van der Waals surface area contributed by atoms with E-state index >= 15 is 0 Å². The Morgan fingerprint density at radius 2 is 2.10 bits per heavy atom. The minimum Gasteiger partial charge on any atom is -0.342 e. The number of carbonyl (C=O) groups excluding carboxylic acids is 1. The second-order valence-corrected chi connectivity index (χ2v) is 6.54. The molecule has 1 aliphatic heterocycles. The summed E-state index contributed by atoms with van der Waals surface area (Å²) in [5.74, 6) is 0.0152. The van der Waals surface area contributed by atoms with Crippen molar-refractivity contribution < 1.29 is 9.18 Å². The van der Waals surface area contributed by atoms with Gasteiger partial charge in [0.2, 0.25) is 5.91 Å². The van der Waals surface area contributed by atoms with E-state index in [2.05, 4.69) is 4.98 Å². The van der Waals surface area contributed by atoms with Crippen molar-refractivity contribution in [2.75, 3.05) is 13.1 Å². The van der Waals surface area contributed by atoms with Gasteiger partial charge in [0, 0.05) is 36.4 Å². The lowest BCUT2D eigenvalue weighted by atomic mass is 10.1. The zero-order valence-corrected chi connectivity index (χ0v) is 12.8. The third kappa shape index (κ3) is 3.13. The third-order valence-electron chi connectivity index (χ3n) is 3.73. The van der Waals surface area contributed by atoms with Crippen LogP contribution in [0.15, 0.2) is 24.3 Å². The molecule has 0 unspecified atom stereocenters. The number of halogens is 1. The first-order chi connectivity index (χ1) is 10.1. The van der Waals surface area contributed by atoms with Crippen LogP contribution in [0.4, 0.5) is 4.39 Å². The van der Waals surface area contributed by atoms with Crippen molar-refractivity contribution in [2.24, 2.45) is 0 Å². The van der Waals surface area contributed by atoms with Gasteiger partial charge in [0.05, 0.1) is 10.7 Å². The molecule has 0 N–H and O–H groups in total. The van der Waals surface area contributed by atoms with E-state index in [9.17, 15) is 9.18 Å². The predicted molar refractivity (Wildman–Crippen MR) is 81.8 cm³/mol. The number of nitrogens with zero attached hydrogens (tertiary/aromatic N) is 2. The molecule has 1 saturated heterocycles. The van der Waals surface area contributed by atoms with Crippen molar-refractivity contribution in [1.82, 2.24) is 9.88 Å². The molecule has 3 nitrogen and oxygen atoms in total. The number of thiazole rings is 1. The first kappa shape index (κ1) is 14.2. The number of amides is 1. The Hall–Kier alpha value is -1.75. The van der Waals surface area contributed by atoms with Crippen LogP contribution in [-0.4, -0.2) is 28.9 Å². The smallest absolute Gasteiger partial charge is 0.222 e.